The van der Waals surface area contributed by atoms with Gasteiger partial charge in [-0.05, 0) is 179 Å². The number of nitrogens with one attached hydrogen (secondary N) is 6. The molecule has 20 heteroatoms. The van der Waals surface area contributed by atoms with Crippen LogP contribution in [0.3, 0.4) is 0 Å². The number of carboxylic acid groups (broad SMARTS) is 1. The molecule has 0 unspecified atom stereocenters. The van der Waals surface area contributed by atoms with E-state index in [0.29, 0.717) is 42.1 Å². The molecule has 0 saturated heterocycles. The van der Waals surface area contributed by atoms with Crippen LogP contribution < -0.4 is 46.4 Å². The van der Waals surface area contributed by atoms with Gasteiger partial charge >= 0.3 is 5.97 Å². The normalized spacial score (nSPS) is 19.9. The number of halogens is 3. The number of aliphatic hydroxyl groups is 3. The van der Waals surface area contributed by atoms with Crippen LogP contribution in [0.4, 0.5) is 35.9 Å². The summed E-state index contributed by atoms with van der Waals surface area (Å²) in [4.78, 5) is 40.0. The number of nitrogens with zero attached hydrogens (tertiary/aromatic N) is 2. The molecule has 449 valence electrons. The van der Waals surface area contributed by atoms with Crippen molar-refractivity contribution in [3.05, 3.63) is 184 Å². The molecule has 0 fully saturated rings. The third-order valence-corrected chi connectivity index (χ3v) is 15.1. The van der Waals surface area contributed by atoms with Gasteiger partial charge in [0.05, 0.1) is 58.3 Å². The highest BCUT2D eigenvalue weighted by molar-refractivity contribution is 6.07. The van der Waals surface area contributed by atoms with E-state index in [-0.39, 0.29) is 61.1 Å². The molecule has 9 rings (SSSR count). The van der Waals surface area contributed by atoms with Gasteiger partial charge in [-0.15, -0.1) is 0 Å². The molecule has 0 spiro atoms. The number of ether oxygens (including phenoxy) is 1. The average Bonchev–Trinajstić information content (AvgIpc) is 1.61. The van der Waals surface area contributed by atoms with Crippen LogP contribution >= 0.6 is 0 Å². The topological polar surface area (TPSA) is 220 Å². The number of anilines is 4. The molecule has 16 nitrogen and oxygen atoms in total. The Kier molecular flexibility index (Phi) is 23.3. The molecule has 6 aromatic rings. The fraction of sp³-hybridized carbons (Fsp3) is 0.391. The van der Waals surface area contributed by atoms with Gasteiger partial charge in [-0.1, -0.05) is 49.4 Å². The molecular weight excluding hydrogens is 1080 g/mol. The van der Waals surface area contributed by atoms with Crippen LogP contribution in [0.1, 0.15) is 134 Å². The Morgan fingerprint density at radius 2 is 0.940 bits per heavy atom. The number of benzene rings is 6. The maximum atomic E-state index is 14.2. The molecule has 3 aliphatic heterocycles. The van der Waals surface area contributed by atoms with Crippen LogP contribution in [0.2, 0.25) is 0 Å². The number of aromatic carboxylic acids is 1. The standard InChI is InChI=1S/2C21H26FN3O2.C13H17NO4.C9H12FN.B/c2*1-5-25(17-9-7-6-8-15(17)22)20(27)13-10-11-16-14(12-13)18(23-4)19(26)21(2,3)24-16;1-13(2)11(15)10(14-3)8-6-7(12(16)17)4-5-9(8)18-13;1-2-11-7-8-5-3-4-6-9(8)10;/h2*6-12,18-19,23-24,26H,5H2,1-4H3;4-6,10-11,14-15H,1-3H3,(H,16,17);3-6,11H,2,7H2,1H3;/t2*18-,19+;10-,11+;;/m111../s1. The summed E-state index contributed by atoms with van der Waals surface area (Å²) in [5, 5.41) is 59.6. The number of rotatable bonds is 13. The van der Waals surface area contributed by atoms with E-state index in [1.807, 2.05) is 66.7 Å². The summed E-state index contributed by atoms with van der Waals surface area (Å²) in [6, 6.07) is 33.7. The first-order chi connectivity index (χ1) is 39.3. The average molecular weight is 1160 g/mol. The fourth-order valence-corrected chi connectivity index (χ4v) is 10.4. The Morgan fingerprint density at radius 3 is 1.33 bits per heavy atom. The molecule has 0 aromatic heterocycles. The second-order valence-electron chi connectivity index (χ2n) is 22.1. The van der Waals surface area contributed by atoms with Crippen LogP contribution in [0, 0.1) is 17.5 Å². The van der Waals surface area contributed by atoms with Crippen molar-refractivity contribution < 1.29 is 52.7 Å². The molecule has 6 atom stereocenters. The Labute approximate surface area is 493 Å². The van der Waals surface area contributed by atoms with Crippen molar-refractivity contribution in [3.8, 4) is 5.75 Å². The maximum Gasteiger partial charge on any atom is 0.335 e. The molecule has 6 aromatic carbocycles. The molecule has 0 saturated carbocycles. The van der Waals surface area contributed by atoms with Crippen molar-refractivity contribution in [2.24, 2.45) is 0 Å². The highest BCUT2D eigenvalue weighted by Crippen LogP contribution is 2.42. The van der Waals surface area contributed by atoms with E-state index in [4.69, 9.17) is 9.84 Å². The van der Waals surface area contributed by atoms with Gasteiger partial charge in [-0.3, -0.25) is 9.59 Å². The number of aliphatic hydroxyl groups excluding tert-OH is 3. The summed E-state index contributed by atoms with van der Waals surface area (Å²) in [6.45, 7) is 19.1. The number of fused-ring (bicyclic) bond motifs is 3. The highest BCUT2D eigenvalue weighted by atomic mass is 19.1. The fourth-order valence-electron chi connectivity index (χ4n) is 10.4. The summed E-state index contributed by atoms with van der Waals surface area (Å²) >= 11 is 0. The molecule has 3 radical (unpaired) electrons. The number of carbonyl (C=O) groups is 3. The summed E-state index contributed by atoms with van der Waals surface area (Å²) in [5.41, 5.74) is 4.66. The number of hydrogen-bond donors (Lipinski definition) is 10. The van der Waals surface area contributed by atoms with Gasteiger partial charge in [0.1, 0.15) is 34.9 Å². The molecule has 0 bridgehead atoms. The summed E-state index contributed by atoms with van der Waals surface area (Å²) in [6.07, 6.45) is -2.09. The number of amides is 2. The van der Waals surface area contributed by atoms with Crippen LogP contribution in [0.15, 0.2) is 127 Å². The van der Waals surface area contributed by atoms with Crippen LogP contribution in [0.25, 0.3) is 0 Å². The van der Waals surface area contributed by atoms with Crippen molar-refractivity contribution in [1.29, 1.82) is 0 Å². The Bertz CT molecular complexity index is 3080. The quantitative estimate of drug-likeness (QED) is 0.0488. The van der Waals surface area contributed by atoms with E-state index in [0.717, 1.165) is 34.6 Å². The zero-order valence-electron chi connectivity index (χ0n) is 49.9. The van der Waals surface area contributed by atoms with Gasteiger partial charge in [0, 0.05) is 61.7 Å². The van der Waals surface area contributed by atoms with Crippen molar-refractivity contribution in [2.75, 3.05) is 61.2 Å². The highest BCUT2D eigenvalue weighted by Gasteiger charge is 2.44. The van der Waals surface area contributed by atoms with Gasteiger partial charge in [-0.25, -0.2) is 18.0 Å². The minimum absolute atomic E-state index is 0. The second-order valence-corrected chi connectivity index (χ2v) is 22.1. The number of hydrogen-bond acceptors (Lipinski definition) is 13. The first-order valence-electron chi connectivity index (χ1n) is 27.8. The van der Waals surface area contributed by atoms with Crippen molar-refractivity contribution in [2.45, 2.75) is 122 Å². The minimum Gasteiger partial charge on any atom is -0.485 e. The lowest BCUT2D eigenvalue weighted by Crippen LogP contribution is -2.53. The Balaban J connectivity index is 0.000000214. The van der Waals surface area contributed by atoms with Crippen LogP contribution in [-0.4, -0.2) is 122 Å². The lowest BCUT2D eigenvalue weighted by Gasteiger charge is -2.43. The van der Waals surface area contributed by atoms with Gasteiger partial charge in [-0.2, -0.15) is 0 Å². The monoisotopic (exact) mass is 1160 g/mol. The molecule has 3 aliphatic rings. The van der Waals surface area contributed by atoms with Gasteiger partial charge in [0.2, 0.25) is 0 Å². The third kappa shape index (κ3) is 15.1. The van der Waals surface area contributed by atoms with E-state index in [9.17, 15) is 42.9 Å². The van der Waals surface area contributed by atoms with Crippen LogP contribution in [-0.2, 0) is 6.54 Å². The number of likely N-dealkylation sites (N-methyl/N-ethyl adjacent to an activating group) is 3. The summed E-state index contributed by atoms with van der Waals surface area (Å²) in [7, 11) is 5.29. The van der Waals surface area contributed by atoms with E-state index < -0.39 is 52.6 Å². The van der Waals surface area contributed by atoms with E-state index in [1.54, 1.807) is 114 Å². The zero-order chi connectivity index (χ0) is 61.1. The van der Waals surface area contributed by atoms with E-state index in [1.165, 1.54) is 40.1 Å². The van der Waals surface area contributed by atoms with Crippen LogP contribution in [0.5, 0.6) is 5.75 Å². The molecule has 84 heavy (non-hydrogen) atoms. The molecule has 3 heterocycles. The Morgan fingerprint density at radius 1 is 0.548 bits per heavy atom. The predicted octanol–water partition coefficient (Wildman–Crippen LogP) is 9.37. The van der Waals surface area contributed by atoms with Gasteiger partial charge < -0.3 is 66.9 Å². The van der Waals surface area contributed by atoms with Crippen molar-refractivity contribution >= 4 is 48.9 Å². The van der Waals surface area contributed by atoms with Gasteiger partial charge in [0.25, 0.3) is 11.8 Å². The predicted molar refractivity (Wildman–Crippen MR) is 327 cm³/mol. The van der Waals surface area contributed by atoms with Gasteiger partial charge in [0.15, 0.2) is 0 Å². The second kappa shape index (κ2) is 29.0. The third-order valence-electron chi connectivity index (χ3n) is 15.1. The Hall–Kier alpha value is -7.30. The SMILES string of the molecule is CCN(C(=O)c1ccc2c(c1)[C@@H](NC)[C@H](O)C(C)(C)N2)c1ccccc1F.CCN(C(=O)c1ccc2c(c1)[C@@H](NC)[C@H](O)C(C)(C)N2)c1ccccc1F.CCNCc1ccccc1F.CN[C@@H]1c2cc(C(=O)O)ccc2OC(C)(C)[C@H]1O.[B]. The molecule has 0 aliphatic carbocycles. The smallest absolute Gasteiger partial charge is 0.335 e. The number of para-hydroxylation sites is 2. The largest absolute Gasteiger partial charge is 0.485 e. The first kappa shape index (κ1) is 67.5. The zero-order valence-corrected chi connectivity index (χ0v) is 49.9. The van der Waals surface area contributed by atoms with Crippen molar-refractivity contribution in [3.63, 3.8) is 0 Å². The summed E-state index contributed by atoms with van der Waals surface area (Å²) in [5.74, 6) is -1.94. The summed E-state index contributed by atoms with van der Waals surface area (Å²) < 4.78 is 47.0. The lowest BCUT2D eigenvalue weighted by atomic mass is 9.82. The number of carbonyl (C=O) groups excluding carboxylic acids is 2. The molecule has 2 amide bonds. The minimum atomic E-state index is -0.994. The number of carboxylic acids is 1. The first-order valence-corrected chi connectivity index (χ1v) is 27.8. The maximum absolute atomic E-state index is 14.2. The van der Waals surface area contributed by atoms with Crippen molar-refractivity contribution in [1.82, 2.24) is 21.3 Å². The molecular formula is C64H81BF3N8O8. The molecule has 10 N–H and O–H groups in total. The van der Waals surface area contributed by atoms with E-state index in [2.05, 4.69) is 31.9 Å². The lowest BCUT2D eigenvalue weighted by molar-refractivity contribution is -0.0632. The van der Waals surface area contributed by atoms with E-state index >= 15 is 0 Å².